The molecule has 1 saturated heterocycles. The van der Waals surface area contributed by atoms with Gasteiger partial charge in [-0.25, -0.2) is 0 Å². The van der Waals surface area contributed by atoms with Crippen LogP contribution in [0.5, 0.6) is 0 Å². The number of rotatable bonds is 7. The van der Waals surface area contributed by atoms with Gasteiger partial charge in [0.2, 0.25) is 5.78 Å². The molecule has 0 aromatic heterocycles. The highest BCUT2D eigenvalue weighted by Gasteiger charge is 2.74. The molecule has 3 rings (SSSR count). The zero-order valence-corrected chi connectivity index (χ0v) is 16.4. The third-order valence-electron chi connectivity index (χ3n) is 5.62. The number of alkyl halides is 1. The first kappa shape index (κ1) is 20.3. The van der Waals surface area contributed by atoms with Gasteiger partial charge in [-0.3, -0.25) is 34.7 Å². The van der Waals surface area contributed by atoms with E-state index >= 15 is 0 Å². The summed E-state index contributed by atoms with van der Waals surface area (Å²) in [7, 11) is 0. The van der Waals surface area contributed by atoms with Gasteiger partial charge in [-0.05, 0) is 12.2 Å². The Labute approximate surface area is 168 Å². The highest BCUT2D eigenvalue weighted by molar-refractivity contribution is 9.09. The van der Waals surface area contributed by atoms with E-state index in [1.165, 1.54) is 0 Å². The Hall–Kier alpha value is -2.46. The van der Waals surface area contributed by atoms with Crippen LogP contribution in [0.25, 0.3) is 0 Å². The molecule has 28 heavy (non-hydrogen) atoms. The van der Waals surface area contributed by atoms with Crippen molar-refractivity contribution in [2.24, 2.45) is 5.92 Å². The van der Waals surface area contributed by atoms with E-state index in [1.54, 1.807) is 35.2 Å². The summed E-state index contributed by atoms with van der Waals surface area (Å²) in [4.78, 5) is 49.9. The molecule has 1 aliphatic heterocycles. The van der Waals surface area contributed by atoms with E-state index in [2.05, 4.69) is 15.9 Å². The molecule has 9 nitrogen and oxygen atoms in total. The second kappa shape index (κ2) is 7.51. The molecule has 1 aromatic carbocycles. The highest BCUT2D eigenvalue weighted by atomic mass is 79.9. The molecule has 2 aliphatic rings. The van der Waals surface area contributed by atoms with E-state index in [4.69, 9.17) is 0 Å². The summed E-state index contributed by atoms with van der Waals surface area (Å²) in [6.07, 6.45) is 1.63. The molecular weight excluding hydrogens is 434 g/mol. The van der Waals surface area contributed by atoms with Gasteiger partial charge in [0.25, 0.3) is 5.54 Å². The minimum absolute atomic E-state index is 0.0995. The molecule has 1 aliphatic carbocycles. The lowest BCUT2D eigenvalue weighted by molar-refractivity contribution is -0.623. The summed E-state index contributed by atoms with van der Waals surface area (Å²) < 4.78 is 0. The predicted octanol–water partition coefficient (Wildman–Crippen LogP) is 1.76. The van der Waals surface area contributed by atoms with Gasteiger partial charge >= 0.3 is 5.54 Å². The van der Waals surface area contributed by atoms with Gasteiger partial charge in [-0.1, -0.05) is 46.3 Å². The monoisotopic (exact) mass is 451 g/mol. The average molecular weight is 452 g/mol. The maximum absolute atomic E-state index is 12.8. The quantitative estimate of drug-likeness (QED) is 0.267. The fraction of sp³-hybridized carbons (Fsp3) is 0.444. The zero-order chi connectivity index (χ0) is 20.5. The predicted molar refractivity (Wildman–Crippen MR) is 103 cm³/mol. The van der Waals surface area contributed by atoms with Gasteiger partial charge < -0.3 is 0 Å². The molecule has 2 bridgehead atoms. The molecular formula is C18H18BrN3O6. The van der Waals surface area contributed by atoms with E-state index in [-0.39, 0.29) is 13.1 Å². The molecule has 1 aromatic rings. The van der Waals surface area contributed by atoms with Crippen molar-refractivity contribution in [1.29, 1.82) is 0 Å². The fourth-order valence-corrected chi connectivity index (χ4v) is 4.74. The first-order valence-corrected chi connectivity index (χ1v) is 9.79. The van der Waals surface area contributed by atoms with Crippen molar-refractivity contribution in [2.45, 2.75) is 17.5 Å². The maximum atomic E-state index is 12.8. The van der Waals surface area contributed by atoms with Gasteiger partial charge in [0.15, 0.2) is 5.78 Å². The van der Waals surface area contributed by atoms with Crippen molar-refractivity contribution in [3.63, 3.8) is 0 Å². The number of piperidine rings is 1. The first-order chi connectivity index (χ1) is 13.3. The fourth-order valence-electron chi connectivity index (χ4n) is 4.24. The van der Waals surface area contributed by atoms with Crippen LogP contribution in [-0.2, 0) is 4.79 Å². The minimum atomic E-state index is -2.23. The number of nitro groups is 2. The number of carbonyl (C=O) groups is 2. The lowest BCUT2D eigenvalue weighted by atomic mass is 9.60. The molecule has 1 fully saturated rings. The second-order valence-electron chi connectivity index (χ2n) is 7.07. The molecule has 0 saturated carbocycles. The first-order valence-electron chi connectivity index (χ1n) is 8.67. The SMILES string of the molecule is O=C(C[C@H]1[C@]2([N+](=O)[O-])CN(CCBr)C[C@]1([N+](=O)[O-])C=CC2=O)c1ccccc1. The number of nitrogens with zero attached hydrogens (tertiary/aromatic N) is 3. The average Bonchev–Trinajstić information content (AvgIpc) is 2.66. The van der Waals surface area contributed by atoms with E-state index in [0.717, 1.165) is 12.2 Å². The van der Waals surface area contributed by atoms with Crippen LogP contribution < -0.4 is 0 Å². The molecule has 0 radical (unpaired) electrons. The molecule has 1 heterocycles. The summed E-state index contributed by atoms with van der Waals surface area (Å²) in [5, 5.41) is 24.7. The zero-order valence-electron chi connectivity index (χ0n) is 14.8. The van der Waals surface area contributed by atoms with Gasteiger partial charge in [0, 0.05) is 33.7 Å². The van der Waals surface area contributed by atoms with Crippen LogP contribution in [0, 0.1) is 26.1 Å². The number of Topliss-reactive ketones (excluding diaryl/α,β-unsaturated/α-hetero) is 1. The van der Waals surface area contributed by atoms with Gasteiger partial charge in [0.1, 0.15) is 5.92 Å². The maximum Gasteiger partial charge on any atom is 0.305 e. The largest absolute Gasteiger partial charge is 0.305 e. The Balaban J connectivity index is 2.12. The molecule has 0 spiro atoms. The van der Waals surface area contributed by atoms with Crippen molar-refractivity contribution in [3.8, 4) is 0 Å². The lowest BCUT2D eigenvalue weighted by Gasteiger charge is -2.48. The van der Waals surface area contributed by atoms with Crippen LogP contribution in [-0.4, -0.2) is 62.4 Å². The number of benzene rings is 1. The Bertz CT molecular complexity index is 860. The normalized spacial score (nSPS) is 29.5. The van der Waals surface area contributed by atoms with E-state index in [0.29, 0.717) is 17.4 Å². The van der Waals surface area contributed by atoms with Crippen molar-refractivity contribution in [3.05, 3.63) is 68.3 Å². The molecule has 10 heteroatoms. The van der Waals surface area contributed by atoms with E-state index < -0.39 is 44.8 Å². The van der Waals surface area contributed by atoms with Gasteiger partial charge in [0.05, 0.1) is 13.1 Å². The van der Waals surface area contributed by atoms with Crippen LogP contribution >= 0.6 is 15.9 Å². The Morgan fingerprint density at radius 3 is 2.43 bits per heavy atom. The molecule has 0 amide bonds. The third kappa shape index (κ3) is 3.06. The lowest BCUT2D eigenvalue weighted by Crippen LogP contribution is -2.75. The summed E-state index contributed by atoms with van der Waals surface area (Å²) in [6, 6.07) is 8.10. The van der Waals surface area contributed by atoms with Crippen molar-refractivity contribution >= 4 is 27.5 Å². The Morgan fingerprint density at radius 1 is 1.18 bits per heavy atom. The van der Waals surface area contributed by atoms with E-state index in [9.17, 15) is 29.8 Å². The van der Waals surface area contributed by atoms with Crippen molar-refractivity contribution in [1.82, 2.24) is 4.90 Å². The topological polar surface area (TPSA) is 124 Å². The highest BCUT2D eigenvalue weighted by Crippen LogP contribution is 2.46. The number of hydrogen-bond donors (Lipinski definition) is 0. The number of likely N-dealkylation sites (tertiary alicyclic amines) is 1. The minimum Gasteiger partial charge on any atom is -0.294 e. The summed E-state index contributed by atoms with van der Waals surface area (Å²) in [5.41, 5.74) is -3.81. The number of halogens is 1. The summed E-state index contributed by atoms with van der Waals surface area (Å²) in [6.45, 7) is -0.0551. The van der Waals surface area contributed by atoms with Crippen LogP contribution in [0.15, 0.2) is 42.5 Å². The second-order valence-corrected chi connectivity index (χ2v) is 7.87. The van der Waals surface area contributed by atoms with Crippen LogP contribution in [0.1, 0.15) is 16.8 Å². The number of carbonyl (C=O) groups excluding carboxylic acids is 2. The molecule has 0 N–H and O–H groups in total. The number of ketones is 2. The Kier molecular flexibility index (Phi) is 5.44. The van der Waals surface area contributed by atoms with Gasteiger partial charge in [-0.2, -0.15) is 0 Å². The molecule has 0 unspecified atom stereocenters. The van der Waals surface area contributed by atoms with E-state index in [1.807, 2.05) is 0 Å². The smallest absolute Gasteiger partial charge is 0.294 e. The summed E-state index contributed by atoms with van der Waals surface area (Å²) >= 11 is 3.24. The molecule has 3 atom stereocenters. The van der Waals surface area contributed by atoms with Crippen molar-refractivity contribution in [2.75, 3.05) is 25.0 Å². The standard InChI is InChI=1S/C18H18BrN3O6/c19-8-9-20-11-17(21(25)26)7-6-16(24)18(12-20,22(27)28)15(17)10-14(23)13-4-2-1-3-5-13/h1-7,15H,8-12H2/t15-,17-,18-/m1/s1. The van der Waals surface area contributed by atoms with Crippen LogP contribution in [0.3, 0.4) is 0 Å². The molecule has 148 valence electrons. The third-order valence-corrected chi connectivity index (χ3v) is 5.98. The van der Waals surface area contributed by atoms with Crippen LogP contribution in [0.2, 0.25) is 0 Å². The van der Waals surface area contributed by atoms with Gasteiger partial charge in [-0.15, -0.1) is 0 Å². The summed E-state index contributed by atoms with van der Waals surface area (Å²) in [5.74, 6) is -2.64. The number of fused-ring (bicyclic) bond motifs is 2. The van der Waals surface area contributed by atoms with Crippen molar-refractivity contribution < 1.29 is 19.4 Å². The number of hydrogen-bond acceptors (Lipinski definition) is 7. The Morgan fingerprint density at radius 2 is 1.86 bits per heavy atom. The van der Waals surface area contributed by atoms with Crippen LogP contribution in [0.4, 0.5) is 0 Å².